The van der Waals surface area contributed by atoms with Gasteiger partial charge in [0.25, 0.3) is 5.91 Å². The lowest BCUT2D eigenvalue weighted by Crippen LogP contribution is -2.27. The fraction of sp³-hybridized carbons (Fsp3) is 0.429. The van der Waals surface area contributed by atoms with Crippen LogP contribution < -0.4 is 5.32 Å². The molecule has 1 unspecified atom stereocenters. The Kier molecular flexibility index (Phi) is 4.57. The summed E-state index contributed by atoms with van der Waals surface area (Å²) >= 11 is 0. The normalized spacial score (nSPS) is 12.3. The standard InChI is InChI=1S/C14H20N4O2/c1-3-11(19)6-7-15-13(20)12-10-16-17(2)14(12)18-8-4-5-9-18/h4-5,8-11,19H,3,6-7H2,1-2H3,(H,15,20). The highest BCUT2D eigenvalue weighted by molar-refractivity contribution is 5.97. The fourth-order valence-electron chi connectivity index (χ4n) is 2.02. The van der Waals surface area contributed by atoms with Crippen LogP contribution in [0.3, 0.4) is 0 Å². The van der Waals surface area contributed by atoms with Crippen LogP contribution in [0.1, 0.15) is 30.1 Å². The SMILES string of the molecule is CCC(O)CCNC(=O)c1cnn(C)c1-n1cccc1. The lowest BCUT2D eigenvalue weighted by Gasteiger charge is -2.10. The maximum Gasteiger partial charge on any atom is 0.256 e. The minimum atomic E-state index is -0.367. The van der Waals surface area contributed by atoms with Crippen molar-refractivity contribution in [1.29, 1.82) is 0 Å². The van der Waals surface area contributed by atoms with E-state index < -0.39 is 0 Å². The van der Waals surface area contributed by atoms with Crippen LogP contribution in [-0.4, -0.2) is 38.0 Å². The van der Waals surface area contributed by atoms with Crippen molar-refractivity contribution in [2.45, 2.75) is 25.9 Å². The van der Waals surface area contributed by atoms with Crippen LogP contribution in [0.5, 0.6) is 0 Å². The highest BCUT2D eigenvalue weighted by Gasteiger charge is 2.17. The van der Waals surface area contributed by atoms with Crippen molar-refractivity contribution in [2.24, 2.45) is 7.05 Å². The van der Waals surface area contributed by atoms with Crippen molar-refractivity contribution in [3.8, 4) is 5.82 Å². The summed E-state index contributed by atoms with van der Waals surface area (Å²) in [5.74, 6) is 0.550. The smallest absolute Gasteiger partial charge is 0.256 e. The third-order valence-corrected chi connectivity index (χ3v) is 3.24. The van der Waals surface area contributed by atoms with Gasteiger partial charge < -0.3 is 15.0 Å². The van der Waals surface area contributed by atoms with Gasteiger partial charge in [0.2, 0.25) is 0 Å². The molecule has 0 saturated heterocycles. The summed E-state index contributed by atoms with van der Waals surface area (Å²) in [7, 11) is 1.80. The molecule has 0 bridgehead atoms. The molecule has 6 heteroatoms. The lowest BCUT2D eigenvalue weighted by molar-refractivity contribution is 0.0942. The third kappa shape index (κ3) is 3.08. The molecule has 0 aromatic carbocycles. The number of hydrogen-bond donors (Lipinski definition) is 2. The summed E-state index contributed by atoms with van der Waals surface area (Å²) in [6, 6.07) is 3.79. The first kappa shape index (κ1) is 14.3. The number of nitrogens with zero attached hydrogens (tertiary/aromatic N) is 3. The van der Waals surface area contributed by atoms with Gasteiger partial charge in [0, 0.05) is 26.0 Å². The predicted octanol–water partition coefficient (Wildman–Crippen LogP) is 1.10. The quantitative estimate of drug-likeness (QED) is 0.830. The Bertz CT molecular complexity index is 560. The molecular weight excluding hydrogens is 256 g/mol. The Morgan fingerprint density at radius 1 is 1.45 bits per heavy atom. The van der Waals surface area contributed by atoms with Gasteiger partial charge >= 0.3 is 0 Å². The second-order valence-corrected chi connectivity index (χ2v) is 4.70. The third-order valence-electron chi connectivity index (χ3n) is 3.24. The maximum absolute atomic E-state index is 12.2. The summed E-state index contributed by atoms with van der Waals surface area (Å²) in [5, 5.41) is 16.4. The molecule has 0 aliphatic rings. The first-order chi connectivity index (χ1) is 9.63. The summed E-state index contributed by atoms with van der Waals surface area (Å²) < 4.78 is 3.51. The first-order valence-electron chi connectivity index (χ1n) is 6.75. The molecule has 0 spiro atoms. The topological polar surface area (TPSA) is 72.1 Å². The van der Waals surface area contributed by atoms with Gasteiger partial charge in [-0.1, -0.05) is 6.92 Å². The first-order valence-corrected chi connectivity index (χ1v) is 6.75. The van der Waals surface area contributed by atoms with Crippen molar-refractivity contribution in [2.75, 3.05) is 6.54 Å². The van der Waals surface area contributed by atoms with Crippen LogP contribution in [0.25, 0.3) is 5.82 Å². The molecule has 0 fully saturated rings. The van der Waals surface area contributed by atoms with Crippen LogP contribution in [0.2, 0.25) is 0 Å². The second kappa shape index (κ2) is 6.38. The Balaban J connectivity index is 2.08. The largest absolute Gasteiger partial charge is 0.393 e. The molecule has 108 valence electrons. The average molecular weight is 276 g/mol. The summed E-state index contributed by atoms with van der Waals surface area (Å²) in [5.41, 5.74) is 0.523. The summed E-state index contributed by atoms with van der Waals surface area (Å²) in [6.07, 6.45) is 6.18. The summed E-state index contributed by atoms with van der Waals surface area (Å²) in [6.45, 7) is 2.37. The van der Waals surface area contributed by atoms with E-state index in [0.717, 1.165) is 5.82 Å². The van der Waals surface area contributed by atoms with E-state index in [9.17, 15) is 9.90 Å². The number of aliphatic hydroxyl groups is 1. The van der Waals surface area contributed by atoms with Crippen LogP contribution in [0.4, 0.5) is 0 Å². The van der Waals surface area contributed by atoms with E-state index in [2.05, 4.69) is 10.4 Å². The minimum absolute atomic E-state index is 0.176. The van der Waals surface area contributed by atoms with Crippen molar-refractivity contribution in [1.82, 2.24) is 19.7 Å². The molecule has 2 N–H and O–H groups in total. The van der Waals surface area contributed by atoms with E-state index in [1.165, 1.54) is 0 Å². The maximum atomic E-state index is 12.2. The zero-order chi connectivity index (χ0) is 14.5. The van der Waals surface area contributed by atoms with Crippen LogP contribution in [0.15, 0.2) is 30.7 Å². The van der Waals surface area contributed by atoms with Gasteiger partial charge in [0.1, 0.15) is 11.4 Å². The second-order valence-electron chi connectivity index (χ2n) is 4.70. The van der Waals surface area contributed by atoms with Crippen molar-refractivity contribution in [3.63, 3.8) is 0 Å². The minimum Gasteiger partial charge on any atom is -0.393 e. The number of nitrogens with one attached hydrogen (secondary N) is 1. The Labute approximate surface area is 118 Å². The number of carbonyl (C=O) groups excluding carboxylic acids is 1. The monoisotopic (exact) mass is 276 g/mol. The molecule has 6 nitrogen and oxygen atoms in total. The van der Waals surface area contributed by atoms with Crippen molar-refractivity contribution < 1.29 is 9.90 Å². The van der Waals surface area contributed by atoms with E-state index in [4.69, 9.17) is 0 Å². The van der Waals surface area contributed by atoms with Gasteiger partial charge in [-0.2, -0.15) is 5.10 Å². The molecule has 1 atom stereocenters. The number of aliphatic hydroxyl groups excluding tert-OH is 1. The number of rotatable bonds is 6. The van der Waals surface area contributed by atoms with Crippen molar-refractivity contribution in [3.05, 3.63) is 36.3 Å². The van der Waals surface area contributed by atoms with E-state index in [1.807, 2.05) is 36.0 Å². The van der Waals surface area contributed by atoms with E-state index >= 15 is 0 Å². The highest BCUT2D eigenvalue weighted by Crippen LogP contribution is 2.13. The van der Waals surface area contributed by atoms with Gasteiger partial charge in [-0.05, 0) is 25.0 Å². The van der Waals surface area contributed by atoms with Crippen LogP contribution in [-0.2, 0) is 7.05 Å². The molecule has 2 heterocycles. The van der Waals surface area contributed by atoms with Crippen molar-refractivity contribution >= 4 is 5.91 Å². The molecule has 0 aliphatic heterocycles. The molecule has 2 aromatic heterocycles. The molecule has 0 radical (unpaired) electrons. The summed E-state index contributed by atoms with van der Waals surface area (Å²) in [4.78, 5) is 12.2. The average Bonchev–Trinajstić information content (AvgIpc) is 3.07. The van der Waals surface area contributed by atoms with Gasteiger partial charge in [-0.15, -0.1) is 0 Å². The molecule has 2 aromatic rings. The predicted molar refractivity (Wildman–Crippen MR) is 75.8 cm³/mol. The Hall–Kier alpha value is -2.08. The van der Waals surface area contributed by atoms with E-state index in [0.29, 0.717) is 24.9 Å². The lowest BCUT2D eigenvalue weighted by atomic mass is 10.2. The van der Waals surface area contributed by atoms with Gasteiger partial charge in [0.05, 0.1) is 12.3 Å². The van der Waals surface area contributed by atoms with Gasteiger partial charge in [0.15, 0.2) is 0 Å². The number of hydrogen-bond acceptors (Lipinski definition) is 3. The number of aryl methyl sites for hydroxylation is 1. The highest BCUT2D eigenvalue weighted by atomic mass is 16.3. The molecular formula is C14H20N4O2. The number of aromatic nitrogens is 3. The zero-order valence-electron chi connectivity index (χ0n) is 11.8. The Morgan fingerprint density at radius 3 is 2.80 bits per heavy atom. The Morgan fingerprint density at radius 2 is 2.15 bits per heavy atom. The molecule has 1 amide bonds. The number of amides is 1. The van der Waals surface area contributed by atoms with Gasteiger partial charge in [-0.3, -0.25) is 9.48 Å². The van der Waals surface area contributed by atoms with E-state index in [1.54, 1.807) is 17.9 Å². The zero-order valence-corrected chi connectivity index (χ0v) is 11.8. The molecule has 0 saturated carbocycles. The molecule has 2 rings (SSSR count). The molecule has 20 heavy (non-hydrogen) atoms. The molecule has 0 aliphatic carbocycles. The van der Waals surface area contributed by atoms with Crippen LogP contribution >= 0.6 is 0 Å². The number of carbonyl (C=O) groups is 1. The fourth-order valence-corrected chi connectivity index (χ4v) is 2.02. The van der Waals surface area contributed by atoms with Gasteiger partial charge in [-0.25, -0.2) is 0 Å². The van der Waals surface area contributed by atoms with E-state index in [-0.39, 0.29) is 12.0 Å². The van der Waals surface area contributed by atoms with Crippen LogP contribution in [0, 0.1) is 0 Å².